The maximum absolute atomic E-state index is 13.2. The average molecular weight is 536 g/mol. The van der Waals surface area contributed by atoms with Crippen molar-refractivity contribution in [2.45, 2.75) is 4.90 Å². The molecule has 4 aromatic rings. The Kier molecular flexibility index (Phi) is 7.39. The summed E-state index contributed by atoms with van der Waals surface area (Å²) in [4.78, 5) is 37.8. The molecule has 0 aliphatic carbocycles. The van der Waals surface area contributed by atoms with Crippen molar-refractivity contribution in [3.63, 3.8) is 0 Å². The highest BCUT2D eigenvalue weighted by molar-refractivity contribution is 7.89. The molecule has 0 fully saturated rings. The molecule has 12 heteroatoms. The van der Waals surface area contributed by atoms with Gasteiger partial charge in [-0.2, -0.15) is 0 Å². The van der Waals surface area contributed by atoms with E-state index >= 15 is 0 Å². The number of carbonyl (C=O) groups excluding carboxylic acids is 3. The van der Waals surface area contributed by atoms with Crippen molar-refractivity contribution in [2.75, 3.05) is 7.05 Å². The summed E-state index contributed by atoms with van der Waals surface area (Å²) in [6.45, 7) is 0. The molecule has 11 nitrogen and oxygen atoms in total. The zero-order valence-corrected chi connectivity index (χ0v) is 20.6. The number of rotatable bonds is 7. The number of nitrogens with one attached hydrogen (secondary N) is 2. The van der Waals surface area contributed by atoms with Gasteiger partial charge in [0.05, 0.1) is 11.1 Å². The third-order valence-corrected chi connectivity index (χ3v) is 7.05. The van der Waals surface area contributed by atoms with Gasteiger partial charge in [-0.05, 0) is 30.3 Å². The molecule has 5 N–H and O–H groups in total. The summed E-state index contributed by atoms with van der Waals surface area (Å²) in [5, 5.41) is 10.2. The van der Waals surface area contributed by atoms with Crippen molar-refractivity contribution in [3.05, 3.63) is 95.9 Å². The second-order valence-corrected chi connectivity index (χ2v) is 9.60. The Morgan fingerprint density at radius 3 is 2.08 bits per heavy atom. The Hall–Kier alpha value is -4.78. The Labute approximate surface area is 216 Å². The number of ether oxygens (including phenoxy) is 1. The first-order valence-corrected chi connectivity index (χ1v) is 12.5. The van der Waals surface area contributed by atoms with Crippen LogP contribution in [-0.4, -0.2) is 38.4 Å². The highest BCUT2D eigenvalue weighted by Gasteiger charge is 2.33. The van der Waals surface area contributed by atoms with E-state index in [0.29, 0.717) is 16.7 Å². The number of sulfonamides is 1. The molecule has 0 aliphatic rings. The van der Waals surface area contributed by atoms with E-state index in [4.69, 9.17) is 15.0 Å². The van der Waals surface area contributed by atoms with Gasteiger partial charge in [0.25, 0.3) is 5.91 Å². The van der Waals surface area contributed by atoms with Gasteiger partial charge in [0.2, 0.25) is 15.8 Å². The molecular formula is C26H21N3O8S. The molecule has 0 saturated carbocycles. The minimum absolute atomic E-state index is 0.296. The molecule has 4 rings (SSSR count). The molecule has 3 aromatic carbocycles. The number of phenolic OH excluding ortho intramolecular Hbond substituents is 1. The van der Waals surface area contributed by atoms with Crippen LogP contribution in [0.2, 0.25) is 0 Å². The maximum atomic E-state index is 13.2. The van der Waals surface area contributed by atoms with E-state index in [1.165, 1.54) is 6.26 Å². The number of benzene rings is 3. The summed E-state index contributed by atoms with van der Waals surface area (Å²) in [7, 11) is -3.41. The monoisotopic (exact) mass is 535 g/mol. The molecular weight excluding hydrogens is 514 g/mol. The second kappa shape index (κ2) is 10.7. The molecule has 0 atom stereocenters. The van der Waals surface area contributed by atoms with Crippen LogP contribution in [0, 0.1) is 0 Å². The van der Waals surface area contributed by atoms with E-state index < -0.39 is 49.6 Å². The number of hydrazine groups is 1. The van der Waals surface area contributed by atoms with Crippen LogP contribution >= 0.6 is 0 Å². The minimum Gasteiger partial charge on any atom is -0.507 e. The maximum Gasteiger partial charge on any atom is 0.382 e. The highest BCUT2D eigenvalue weighted by Crippen LogP contribution is 2.37. The summed E-state index contributed by atoms with van der Waals surface area (Å²) in [6.07, 6.45) is 1.35. The van der Waals surface area contributed by atoms with Gasteiger partial charge in [-0.25, -0.2) is 28.6 Å². The fourth-order valence-electron chi connectivity index (χ4n) is 3.83. The molecule has 0 bridgehead atoms. The van der Waals surface area contributed by atoms with Crippen LogP contribution in [0.1, 0.15) is 31.3 Å². The second-order valence-electron chi connectivity index (χ2n) is 7.78. The molecule has 194 valence electrons. The fraction of sp³-hybridized carbons (Fsp3) is 0.0385. The standard InChI is InChI=1S/C26H21N3O8S/c1-28-38(34,35)23-19(30)13-12-17(21(23)24(31)29-27)25(32)37-26(33)22-20(16-10-6-3-7-11-16)18(14-36-22)15-8-4-2-5-9-15/h2-14,28,30H,27H2,1H3,(H,29,31). The molecule has 0 aliphatic heterocycles. The van der Waals surface area contributed by atoms with Gasteiger partial charge < -0.3 is 14.3 Å². The lowest BCUT2D eigenvalue weighted by Crippen LogP contribution is -2.34. The molecule has 0 unspecified atom stereocenters. The largest absolute Gasteiger partial charge is 0.507 e. The van der Waals surface area contributed by atoms with Crippen LogP contribution in [0.25, 0.3) is 22.3 Å². The Bertz CT molecular complexity index is 1630. The number of nitrogens with two attached hydrogens (primary N) is 1. The summed E-state index contributed by atoms with van der Waals surface area (Å²) >= 11 is 0. The average Bonchev–Trinajstić information content (AvgIpc) is 3.38. The Morgan fingerprint density at radius 2 is 1.50 bits per heavy atom. The van der Waals surface area contributed by atoms with E-state index in [-0.39, 0.29) is 5.76 Å². The first-order chi connectivity index (χ1) is 18.2. The van der Waals surface area contributed by atoms with Crippen LogP contribution in [0.15, 0.2) is 88.4 Å². The van der Waals surface area contributed by atoms with Crippen LogP contribution in [-0.2, 0) is 14.8 Å². The lowest BCUT2D eigenvalue weighted by Gasteiger charge is -2.14. The van der Waals surface area contributed by atoms with E-state index in [9.17, 15) is 27.9 Å². The Balaban J connectivity index is 1.79. The summed E-state index contributed by atoms with van der Waals surface area (Å²) < 4.78 is 37.5. The molecule has 1 heterocycles. The number of aromatic hydroxyl groups is 1. The first-order valence-electron chi connectivity index (χ1n) is 11.0. The van der Waals surface area contributed by atoms with Crippen molar-refractivity contribution in [3.8, 4) is 28.0 Å². The quantitative estimate of drug-likeness (QED) is 0.0910. The number of phenols is 1. The fourth-order valence-corrected chi connectivity index (χ4v) is 4.85. The van der Waals surface area contributed by atoms with Crippen molar-refractivity contribution < 1.29 is 37.1 Å². The summed E-state index contributed by atoms with van der Waals surface area (Å²) in [6, 6.07) is 19.7. The van der Waals surface area contributed by atoms with Crippen LogP contribution < -0.4 is 16.0 Å². The van der Waals surface area contributed by atoms with Crippen LogP contribution in [0.5, 0.6) is 5.75 Å². The van der Waals surface area contributed by atoms with Gasteiger partial charge in [-0.1, -0.05) is 60.7 Å². The number of furan rings is 1. The van der Waals surface area contributed by atoms with E-state index in [2.05, 4.69) is 0 Å². The van der Waals surface area contributed by atoms with Gasteiger partial charge in [-0.3, -0.25) is 10.2 Å². The van der Waals surface area contributed by atoms with Crippen molar-refractivity contribution >= 4 is 27.9 Å². The number of nitrogen functional groups attached to an aromatic ring is 1. The predicted octanol–water partition coefficient (Wildman–Crippen LogP) is 2.83. The van der Waals surface area contributed by atoms with E-state index in [1.54, 1.807) is 35.8 Å². The Morgan fingerprint density at radius 1 is 0.895 bits per heavy atom. The van der Waals surface area contributed by atoms with Gasteiger partial charge >= 0.3 is 11.9 Å². The topological polar surface area (TPSA) is 178 Å². The highest BCUT2D eigenvalue weighted by atomic mass is 32.2. The van der Waals surface area contributed by atoms with E-state index in [0.717, 1.165) is 24.7 Å². The zero-order chi connectivity index (χ0) is 27.4. The van der Waals surface area contributed by atoms with Crippen molar-refractivity contribution in [2.24, 2.45) is 5.84 Å². The molecule has 38 heavy (non-hydrogen) atoms. The third kappa shape index (κ3) is 4.91. The van der Waals surface area contributed by atoms with Gasteiger partial charge in [-0.15, -0.1) is 0 Å². The van der Waals surface area contributed by atoms with E-state index in [1.807, 2.05) is 35.1 Å². The molecule has 0 spiro atoms. The summed E-state index contributed by atoms with van der Waals surface area (Å²) in [5.74, 6) is 0.267. The van der Waals surface area contributed by atoms with Gasteiger partial charge in [0.1, 0.15) is 16.9 Å². The van der Waals surface area contributed by atoms with Crippen molar-refractivity contribution in [1.29, 1.82) is 0 Å². The number of hydrogen-bond donors (Lipinski definition) is 4. The number of esters is 2. The predicted molar refractivity (Wildman–Crippen MR) is 135 cm³/mol. The lowest BCUT2D eigenvalue weighted by molar-refractivity contribution is 0.0374. The zero-order valence-electron chi connectivity index (χ0n) is 19.8. The van der Waals surface area contributed by atoms with Gasteiger partial charge in [0.15, 0.2) is 0 Å². The molecule has 1 amide bonds. The molecule has 0 saturated heterocycles. The number of carbonyl (C=O) groups is 3. The summed E-state index contributed by atoms with van der Waals surface area (Å²) in [5.41, 5.74) is 2.54. The lowest BCUT2D eigenvalue weighted by atomic mass is 9.97. The normalized spacial score (nSPS) is 11.1. The van der Waals surface area contributed by atoms with Crippen LogP contribution in [0.3, 0.4) is 0 Å². The van der Waals surface area contributed by atoms with Gasteiger partial charge in [0, 0.05) is 11.1 Å². The number of amides is 1. The van der Waals surface area contributed by atoms with Crippen molar-refractivity contribution in [1.82, 2.24) is 10.1 Å². The molecule has 1 aromatic heterocycles. The first kappa shape index (κ1) is 26.3. The SMILES string of the molecule is CNS(=O)(=O)c1c(O)ccc(C(=O)OC(=O)c2occ(-c3ccccc3)c2-c2ccccc2)c1C(=O)NN. The minimum atomic E-state index is -4.45. The molecule has 0 radical (unpaired) electrons. The smallest absolute Gasteiger partial charge is 0.382 e. The third-order valence-electron chi connectivity index (χ3n) is 5.56. The van der Waals surface area contributed by atoms with Crippen LogP contribution in [0.4, 0.5) is 0 Å². The number of hydrogen-bond acceptors (Lipinski definition) is 9.